The fourth-order valence-electron chi connectivity index (χ4n) is 5.52. The van der Waals surface area contributed by atoms with Crippen LogP contribution in [0.25, 0.3) is 0 Å². The molecule has 0 rings (SSSR count). The third kappa shape index (κ3) is 35.1. The average Bonchev–Trinajstić information content (AvgIpc) is 3.06. The lowest BCUT2D eigenvalue weighted by molar-refractivity contribution is -0.870. The number of rotatable bonds is 36. The fourth-order valence-corrected chi connectivity index (χ4v) is 6.24. The third-order valence-corrected chi connectivity index (χ3v) is 9.77. The van der Waals surface area contributed by atoms with E-state index in [9.17, 15) is 19.4 Å². The molecule has 0 fully saturated rings. The number of hydrogen-bond acceptors (Lipinski definition) is 6. The Kier molecular flexibility index (Phi) is 32.7. The number of amides is 1. The summed E-state index contributed by atoms with van der Waals surface area (Å²) < 4.78 is 23.1. The van der Waals surface area contributed by atoms with Gasteiger partial charge in [-0.3, -0.25) is 9.36 Å². The van der Waals surface area contributed by atoms with E-state index in [4.69, 9.17) is 9.05 Å². The molecule has 0 saturated carbocycles. The van der Waals surface area contributed by atoms with Crippen LogP contribution in [-0.2, 0) is 18.4 Å². The van der Waals surface area contributed by atoms with Crippen molar-refractivity contribution in [1.82, 2.24) is 5.32 Å². The van der Waals surface area contributed by atoms with Crippen LogP contribution in [0.5, 0.6) is 0 Å². The quantitative estimate of drug-likeness (QED) is 0.0288. The number of likely N-dealkylation sites (N-methyl/N-ethyl adjacent to an activating group) is 1. The average molecular weight is 727 g/mol. The molecule has 3 atom stereocenters. The molecular weight excluding hydrogens is 647 g/mol. The molecule has 294 valence electrons. The maximum atomic E-state index is 12.7. The molecule has 0 aliphatic carbocycles. The second-order valence-electron chi connectivity index (χ2n) is 15.0. The van der Waals surface area contributed by atoms with Crippen LogP contribution in [0.4, 0.5) is 0 Å². The molecule has 0 radical (unpaired) electrons. The lowest BCUT2D eigenvalue weighted by Crippen LogP contribution is -2.45. The van der Waals surface area contributed by atoms with Crippen LogP contribution in [0, 0.1) is 0 Å². The molecule has 9 heteroatoms. The second kappa shape index (κ2) is 33.5. The summed E-state index contributed by atoms with van der Waals surface area (Å²) in [4.78, 5) is 25.1. The molecule has 0 saturated heterocycles. The van der Waals surface area contributed by atoms with Gasteiger partial charge in [-0.1, -0.05) is 147 Å². The van der Waals surface area contributed by atoms with E-state index in [-0.39, 0.29) is 12.5 Å². The van der Waals surface area contributed by atoms with E-state index < -0.39 is 26.6 Å². The number of carbonyl (C=O) groups excluding carboxylic acids is 1. The van der Waals surface area contributed by atoms with Crippen molar-refractivity contribution >= 4 is 13.7 Å². The molecule has 8 nitrogen and oxygen atoms in total. The summed E-state index contributed by atoms with van der Waals surface area (Å²) in [6.07, 6.45) is 39.1. The summed E-state index contributed by atoms with van der Waals surface area (Å²) in [5.41, 5.74) is 0. The van der Waals surface area contributed by atoms with E-state index in [1.807, 2.05) is 27.2 Å². The minimum absolute atomic E-state index is 0.00832. The van der Waals surface area contributed by atoms with Crippen molar-refractivity contribution in [2.45, 2.75) is 180 Å². The number of carbonyl (C=O) groups is 1. The first-order valence-corrected chi connectivity index (χ1v) is 21.8. The molecule has 0 spiro atoms. The molecule has 0 aromatic carbocycles. The Morgan fingerprint density at radius 3 is 1.70 bits per heavy atom. The number of unbranched alkanes of at least 4 members (excludes halogenated alkanes) is 19. The van der Waals surface area contributed by atoms with Crippen molar-refractivity contribution in [2.24, 2.45) is 0 Å². The predicted molar refractivity (Wildman–Crippen MR) is 210 cm³/mol. The van der Waals surface area contributed by atoms with Gasteiger partial charge in [0.1, 0.15) is 13.2 Å². The standard InChI is InChI=1S/C41H79N2O6P/c1-6-8-10-12-14-16-18-19-20-21-22-23-24-25-26-28-30-32-34-40(44)39(38-49-50(46,47)48-37-36-43(3,4)5)42-41(45)35-33-31-29-27-17-15-13-11-9-7-2/h11,13,25-26,32,34,39-40,44H,6-10,12,14-24,27-31,33,35-38H2,1-5H3,(H-,42,45,46,47)/b13-11-,26-25+,34-32+. The first-order chi connectivity index (χ1) is 24.0. The van der Waals surface area contributed by atoms with E-state index in [1.54, 1.807) is 6.08 Å². The van der Waals surface area contributed by atoms with Gasteiger partial charge in [-0.05, 0) is 51.4 Å². The van der Waals surface area contributed by atoms with Crippen molar-refractivity contribution in [3.05, 3.63) is 36.5 Å². The van der Waals surface area contributed by atoms with Crippen molar-refractivity contribution in [2.75, 3.05) is 40.9 Å². The Balaban J connectivity index is 4.51. The lowest BCUT2D eigenvalue weighted by Gasteiger charge is -2.29. The fraction of sp³-hybridized carbons (Fsp3) is 0.829. The van der Waals surface area contributed by atoms with Gasteiger partial charge in [-0.15, -0.1) is 0 Å². The van der Waals surface area contributed by atoms with Gasteiger partial charge in [0.2, 0.25) is 5.91 Å². The zero-order chi connectivity index (χ0) is 37.2. The minimum atomic E-state index is -4.59. The molecule has 0 aromatic rings. The number of nitrogens with one attached hydrogen (secondary N) is 1. The highest BCUT2D eigenvalue weighted by atomic mass is 31.2. The maximum absolute atomic E-state index is 12.7. The number of hydrogen-bond donors (Lipinski definition) is 2. The topological polar surface area (TPSA) is 108 Å². The van der Waals surface area contributed by atoms with Crippen molar-refractivity contribution in [3.63, 3.8) is 0 Å². The summed E-state index contributed by atoms with van der Waals surface area (Å²) in [5.74, 6) is -0.221. The lowest BCUT2D eigenvalue weighted by atomic mass is 10.0. The molecule has 50 heavy (non-hydrogen) atoms. The number of phosphoric acid groups is 1. The molecule has 0 bridgehead atoms. The normalized spacial score (nSPS) is 14.9. The number of quaternary nitrogens is 1. The number of phosphoric ester groups is 1. The van der Waals surface area contributed by atoms with Crippen molar-refractivity contribution in [3.8, 4) is 0 Å². The predicted octanol–water partition coefficient (Wildman–Crippen LogP) is 10.1. The molecule has 0 aromatic heterocycles. The Labute approximate surface area is 308 Å². The van der Waals surface area contributed by atoms with Crippen molar-refractivity contribution in [1.29, 1.82) is 0 Å². The summed E-state index contributed by atoms with van der Waals surface area (Å²) >= 11 is 0. The Bertz CT molecular complexity index is 917. The summed E-state index contributed by atoms with van der Waals surface area (Å²) in [6, 6.07) is -0.903. The molecule has 2 N–H and O–H groups in total. The molecule has 3 unspecified atom stereocenters. The number of aliphatic hydroxyl groups is 1. The number of allylic oxidation sites excluding steroid dienone is 5. The zero-order valence-electron chi connectivity index (χ0n) is 33.1. The molecule has 0 aliphatic heterocycles. The number of aliphatic hydroxyl groups excluding tert-OH is 1. The van der Waals surface area contributed by atoms with Gasteiger partial charge in [0.15, 0.2) is 0 Å². The summed E-state index contributed by atoms with van der Waals surface area (Å²) in [6.45, 7) is 4.53. The van der Waals surface area contributed by atoms with E-state index >= 15 is 0 Å². The van der Waals surface area contributed by atoms with Gasteiger partial charge in [-0.2, -0.15) is 0 Å². The van der Waals surface area contributed by atoms with Gasteiger partial charge >= 0.3 is 0 Å². The summed E-state index contributed by atoms with van der Waals surface area (Å²) in [7, 11) is 1.23. The van der Waals surface area contributed by atoms with Gasteiger partial charge in [-0.25, -0.2) is 0 Å². The highest BCUT2D eigenvalue weighted by Crippen LogP contribution is 2.38. The number of nitrogens with zero attached hydrogens (tertiary/aromatic N) is 1. The van der Waals surface area contributed by atoms with Crippen LogP contribution in [-0.4, -0.2) is 68.5 Å². The Morgan fingerprint density at radius 2 is 1.16 bits per heavy atom. The van der Waals surface area contributed by atoms with Crippen LogP contribution >= 0.6 is 7.82 Å². The van der Waals surface area contributed by atoms with E-state index in [2.05, 4.69) is 43.5 Å². The Morgan fingerprint density at radius 1 is 0.680 bits per heavy atom. The van der Waals surface area contributed by atoms with Gasteiger partial charge < -0.3 is 28.8 Å². The Hall–Kier alpha value is -1.28. The monoisotopic (exact) mass is 727 g/mol. The van der Waals surface area contributed by atoms with Crippen LogP contribution in [0.1, 0.15) is 168 Å². The van der Waals surface area contributed by atoms with Gasteiger partial charge in [0.05, 0.1) is 39.9 Å². The van der Waals surface area contributed by atoms with Crippen LogP contribution < -0.4 is 10.2 Å². The summed E-state index contributed by atoms with van der Waals surface area (Å²) in [5, 5.41) is 13.7. The highest BCUT2D eigenvalue weighted by molar-refractivity contribution is 7.45. The molecule has 0 aliphatic rings. The maximum Gasteiger partial charge on any atom is 0.268 e. The zero-order valence-corrected chi connectivity index (χ0v) is 34.0. The second-order valence-corrected chi connectivity index (χ2v) is 16.4. The van der Waals surface area contributed by atoms with E-state index in [0.29, 0.717) is 17.4 Å². The highest BCUT2D eigenvalue weighted by Gasteiger charge is 2.23. The smallest absolute Gasteiger partial charge is 0.268 e. The first kappa shape index (κ1) is 48.7. The molecule has 1 amide bonds. The molecular formula is C41H79N2O6P. The van der Waals surface area contributed by atoms with Crippen LogP contribution in [0.2, 0.25) is 0 Å². The van der Waals surface area contributed by atoms with Crippen LogP contribution in [0.3, 0.4) is 0 Å². The van der Waals surface area contributed by atoms with Crippen molar-refractivity contribution < 1.29 is 32.9 Å². The first-order valence-electron chi connectivity index (χ1n) is 20.4. The van der Waals surface area contributed by atoms with E-state index in [0.717, 1.165) is 64.2 Å². The van der Waals surface area contributed by atoms with Crippen LogP contribution in [0.15, 0.2) is 36.5 Å². The van der Waals surface area contributed by atoms with Gasteiger partial charge in [0, 0.05) is 6.42 Å². The van der Waals surface area contributed by atoms with Gasteiger partial charge in [0.25, 0.3) is 7.82 Å². The minimum Gasteiger partial charge on any atom is -0.756 e. The molecule has 0 heterocycles. The van der Waals surface area contributed by atoms with E-state index in [1.165, 1.54) is 83.5 Å². The third-order valence-electron chi connectivity index (χ3n) is 8.80. The SMILES string of the molecule is CCC/C=C\CCCCCCCC(=O)NC(COP(=O)([O-])OCC[N+](C)(C)C)C(O)/C=C/CC/C=C/CCCCCCCCCCCCCC. The largest absolute Gasteiger partial charge is 0.756 e.